The number of carbonyl (C=O) groups is 1. The van der Waals surface area contributed by atoms with E-state index in [0.717, 1.165) is 17.2 Å². The van der Waals surface area contributed by atoms with Crippen LogP contribution >= 0.6 is 0 Å². The van der Waals surface area contributed by atoms with Gasteiger partial charge in [-0.3, -0.25) is 4.79 Å². The van der Waals surface area contributed by atoms with Gasteiger partial charge in [0.05, 0.1) is 6.20 Å². The zero-order valence-corrected chi connectivity index (χ0v) is 11.1. The smallest absolute Gasteiger partial charge is 0.323 e. The molecule has 5 heteroatoms. The van der Waals surface area contributed by atoms with Gasteiger partial charge >= 0.3 is 5.97 Å². The summed E-state index contributed by atoms with van der Waals surface area (Å²) in [5.74, 6) is -0.232. The molecule has 100 valence electrons. The second-order valence-electron chi connectivity index (χ2n) is 4.53. The first-order valence-electron chi connectivity index (χ1n) is 6.32. The van der Waals surface area contributed by atoms with Crippen LogP contribution in [0, 0.1) is 0 Å². The van der Waals surface area contributed by atoms with Crippen LogP contribution in [0.15, 0.2) is 30.5 Å². The molecule has 0 aliphatic rings. The first kappa shape index (κ1) is 13.3. The van der Waals surface area contributed by atoms with Crippen LogP contribution in [0.2, 0.25) is 0 Å². The van der Waals surface area contributed by atoms with E-state index in [0.29, 0.717) is 5.82 Å². The molecule has 2 rings (SSSR count). The summed E-state index contributed by atoms with van der Waals surface area (Å²) in [4.78, 5) is 12.8. The average molecular weight is 259 g/mol. The van der Waals surface area contributed by atoms with E-state index in [-0.39, 0.29) is 12.6 Å². The molecule has 1 aromatic heterocycles. The molecule has 0 saturated carbocycles. The maximum Gasteiger partial charge on any atom is 0.323 e. The maximum absolute atomic E-state index is 11.0. The molecule has 0 aliphatic carbocycles. The Labute approximate surface area is 111 Å². The molecule has 0 bridgehead atoms. The molecule has 1 aromatic carbocycles. The van der Waals surface area contributed by atoms with Crippen LogP contribution in [0.5, 0.6) is 0 Å². The SMILES string of the molecule is CCC(C)N(CC(=O)O)c1nncc2ccccc12. The number of benzene rings is 1. The number of carboxylic acids is 1. The molecule has 0 aliphatic heterocycles. The third-order valence-corrected chi connectivity index (χ3v) is 3.25. The quantitative estimate of drug-likeness (QED) is 0.892. The van der Waals surface area contributed by atoms with Crippen molar-refractivity contribution in [3.8, 4) is 0 Å². The van der Waals surface area contributed by atoms with Gasteiger partial charge in [-0.25, -0.2) is 0 Å². The number of aliphatic carboxylic acids is 1. The largest absolute Gasteiger partial charge is 0.480 e. The normalized spacial score (nSPS) is 12.3. The minimum absolute atomic E-state index is 0.0717. The molecule has 1 atom stereocenters. The van der Waals surface area contributed by atoms with Crippen molar-refractivity contribution in [2.24, 2.45) is 0 Å². The summed E-state index contributed by atoms with van der Waals surface area (Å²) in [5, 5.41) is 19.1. The summed E-state index contributed by atoms with van der Waals surface area (Å²) in [7, 11) is 0. The predicted octanol–water partition coefficient (Wildman–Crippen LogP) is 2.32. The van der Waals surface area contributed by atoms with Crippen molar-refractivity contribution in [2.75, 3.05) is 11.4 Å². The summed E-state index contributed by atoms with van der Waals surface area (Å²) in [6.07, 6.45) is 2.53. The lowest BCUT2D eigenvalue weighted by molar-refractivity contribution is -0.135. The molecule has 0 radical (unpaired) electrons. The Bertz CT molecular complexity index is 580. The van der Waals surface area contributed by atoms with Crippen molar-refractivity contribution < 1.29 is 9.90 Å². The van der Waals surface area contributed by atoms with Crippen LogP contribution in [0.3, 0.4) is 0 Å². The molecule has 1 heterocycles. The number of nitrogens with zero attached hydrogens (tertiary/aromatic N) is 3. The van der Waals surface area contributed by atoms with Gasteiger partial charge in [-0.05, 0) is 13.3 Å². The minimum atomic E-state index is -0.866. The number of anilines is 1. The average Bonchev–Trinajstić information content (AvgIpc) is 2.43. The molecule has 2 aromatic rings. The van der Waals surface area contributed by atoms with E-state index in [9.17, 15) is 4.79 Å². The van der Waals surface area contributed by atoms with Crippen molar-refractivity contribution in [2.45, 2.75) is 26.3 Å². The summed E-state index contributed by atoms with van der Waals surface area (Å²) in [5.41, 5.74) is 0. The second-order valence-corrected chi connectivity index (χ2v) is 4.53. The molecule has 0 spiro atoms. The van der Waals surface area contributed by atoms with Crippen LogP contribution in [-0.2, 0) is 4.79 Å². The van der Waals surface area contributed by atoms with Crippen LogP contribution < -0.4 is 4.90 Å². The Kier molecular flexibility index (Phi) is 3.94. The number of hydrogen-bond donors (Lipinski definition) is 1. The zero-order chi connectivity index (χ0) is 13.8. The van der Waals surface area contributed by atoms with Gasteiger partial charge in [-0.1, -0.05) is 31.2 Å². The van der Waals surface area contributed by atoms with Gasteiger partial charge in [0.1, 0.15) is 6.54 Å². The van der Waals surface area contributed by atoms with Gasteiger partial charge < -0.3 is 10.0 Å². The van der Waals surface area contributed by atoms with Crippen molar-refractivity contribution in [1.82, 2.24) is 10.2 Å². The Morgan fingerprint density at radius 2 is 2.16 bits per heavy atom. The number of hydrogen-bond acceptors (Lipinski definition) is 4. The summed E-state index contributed by atoms with van der Waals surface area (Å²) < 4.78 is 0. The van der Waals surface area contributed by atoms with Crippen LogP contribution in [0.25, 0.3) is 10.8 Å². The van der Waals surface area contributed by atoms with E-state index in [1.165, 1.54) is 0 Å². The van der Waals surface area contributed by atoms with Gasteiger partial charge in [0, 0.05) is 16.8 Å². The van der Waals surface area contributed by atoms with Gasteiger partial charge in [0.15, 0.2) is 5.82 Å². The fraction of sp³-hybridized carbons (Fsp3) is 0.357. The topological polar surface area (TPSA) is 66.3 Å². The number of rotatable bonds is 5. The Balaban J connectivity index is 2.52. The maximum atomic E-state index is 11.0. The molecule has 1 N–H and O–H groups in total. The summed E-state index contributed by atoms with van der Waals surface area (Å²) in [6, 6.07) is 7.83. The molecule has 0 amide bonds. The van der Waals surface area contributed by atoms with Gasteiger partial charge in [-0.2, -0.15) is 5.10 Å². The number of fused-ring (bicyclic) bond motifs is 1. The zero-order valence-electron chi connectivity index (χ0n) is 11.1. The second kappa shape index (κ2) is 5.65. The summed E-state index contributed by atoms with van der Waals surface area (Å²) in [6.45, 7) is 3.95. The van der Waals surface area contributed by atoms with Gasteiger partial charge in [0.2, 0.25) is 0 Å². The standard InChI is InChI=1S/C14H17N3O2/c1-3-10(2)17(9-13(18)19)14-12-7-5-4-6-11(12)8-15-16-14/h4-8,10H,3,9H2,1-2H3,(H,18,19). The van der Waals surface area contributed by atoms with E-state index in [1.54, 1.807) is 11.1 Å². The molecule has 5 nitrogen and oxygen atoms in total. The third-order valence-electron chi connectivity index (χ3n) is 3.25. The fourth-order valence-corrected chi connectivity index (χ4v) is 2.03. The van der Waals surface area contributed by atoms with E-state index in [4.69, 9.17) is 5.11 Å². The first-order chi connectivity index (χ1) is 9.13. The van der Waals surface area contributed by atoms with E-state index < -0.39 is 5.97 Å². The highest BCUT2D eigenvalue weighted by atomic mass is 16.4. The third kappa shape index (κ3) is 2.81. The van der Waals surface area contributed by atoms with E-state index >= 15 is 0 Å². The molecular formula is C14H17N3O2. The Hall–Kier alpha value is -2.17. The van der Waals surface area contributed by atoms with Gasteiger partial charge in [-0.15, -0.1) is 5.10 Å². The lowest BCUT2D eigenvalue weighted by atomic mass is 10.1. The van der Waals surface area contributed by atoms with E-state index in [1.807, 2.05) is 38.1 Å². The first-order valence-corrected chi connectivity index (χ1v) is 6.32. The minimum Gasteiger partial charge on any atom is -0.480 e. The fourth-order valence-electron chi connectivity index (χ4n) is 2.03. The Morgan fingerprint density at radius 1 is 1.42 bits per heavy atom. The van der Waals surface area contributed by atoms with Crippen LogP contribution in [-0.4, -0.2) is 33.9 Å². The monoisotopic (exact) mass is 259 g/mol. The van der Waals surface area contributed by atoms with Gasteiger partial charge in [0.25, 0.3) is 0 Å². The molecule has 1 unspecified atom stereocenters. The van der Waals surface area contributed by atoms with Crippen molar-refractivity contribution in [3.05, 3.63) is 30.5 Å². The molecule has 0 fully saturated rings. The predicted molar refractivity (Wildman–Crippen MR) is 74.3 cm³/mol. The van der Waals surface area contributed by atoms with Crippen molar-refractivity contribution in [1.29, 1.82) is 0 Å². The number of aromatic nitrogens is 2. The summed E-state index contributed by atoms with van der Waals surface area (Å²) >= 11 is 0. The highest BCUT2D eigenvalue weighted by molar-refractivity contribution is 5.92. The highest BCUT2D eigenvalue weighted by Gasteiger charge is 2.19. The van der Waals surface area contributed by atoms with Crippen LogP contribution in [0.1, 0.15) is 20.3 Å². The number of carboxylic acid groups (broad SMARTS) is 1. The van der Waals surface area contributed by atoms with Crippen molar-refractivity contribution in [3.63, 3.8) is 0 Å². The Morgan fingerprint density at radius 3 is 2.84 bits per heavy atom. The lowest BCUT2D eigenvalue weighted by Crippen LogP contribution is -2.38. The molecule has 19 heavy (non-hydrogen) atoms. The molecular weight excluding hydrogens is 242 g/mol. The van der Waals surface area contributed by atoms with Crippen LogP contribution in [0.4, 0.5) is 5.82 Å². The molecule has 0 saturated heterocycles. The highest BCUT2D eigenvalue weighted by Crippen LogP contribution is 2.25. The van der Waals surface area contributed by atoms with E-state index in [2.05, 4.69) is 10.2 Å². The van der Waals surface area contributed by atoms with Crippen molar-refractivity contribution >= 4 is 22.6 Å². The lowest BCUT2D eigenvalue weighted by Gasteiger charge is -2.28.